The first-order valence-electron chi connectivity index (χ1n) is 15.0. The van der Waals surface area contributed by atoms with Gasteiger partial charge in [0, 0.05) is 18.5 Å². The van der Waals surface area contributed by atoms with E-state index in [1.165, 1.54) is 63.5 Å². The number of benzene rings is 1. The highest BCUT2D eigenvalue weighted by atomic mass is 19.4. The van der Waals surface area contributed by atoms with Crippen LogP contribution in [0.5, 0.6) is 0 Å². The largest absolute Gasteiger partial charge is 0.499 e. The first-order valence-corrected chi connectivity index (χ1v) is 15.0. The van der Waals surface area contributed by atoms with Gasteiger partial charge in [-0.3, -0.25) is 0 Å². The maximum atomic E-state index is 13.2. The summed E-state index contributed by atoms with van der Waals surface area (Å²) < 4.78 is 45.6. The first-order chi connectivity index (χ1) is 17.7. The van der Waals surface area contributed by atoms with E-state index in [9.17, 15) is 13.2 Å². The molecule has 0 heterocycles. The predicted octanol–water partition coefficient (Wildman–Crippen LogP) is 9.80. The Hall–Kier alpha value is -1.49. The minimum absolute atomic E-state index is 0.225. The van der Waals surface area contributed by atoms with E-state index in [0.29, 0.717) is 30.0 Å². The van der Waals surface area contributed by atoms with Crippen LogP contribution in [-0.2, 0) is 10.9 Å². The molecular weight excluding hydrogens is 471 g/mol. The Morgan fingerprint density at radius 2 is 1.62 bits per heavy atom. The SMILES string of the molecule is CC/C=C(\CC1CCC(NC2CCC(CCC)(CCC)CC2)C(c2ccc(C(F)(F)F)cc2)C1)OCC. The van der Waals surface area contributed by atoms with Gasteiger partial charge in [-0.15, -0.1) is 0 Å². The van der Waals surface area contributed by atoms with E-state index in [2.05, 4.69) is 32.2 Å². The lowest BCUT2D eigenvalue weighted by Gasteiger charge is -2.44. The summed E-state index contributed by atoms with van der Waals surface area (Å²) >= 11 is 0. The van der Waals surface area contributed by atoms with Crippen molar-refractivity contribution >= 4 is 0 Å². The molecule has 2 fully saturated rings. The molecule has 2 aliphatic rings. The first kappa shape index (κ1) is 30.1. The zero-order chi connectivity index (χ0) is 26.9. The van der Waals surface area contributed by atoms with Gasteiger partial charge in [0.2, 0.25) is 0 Å². The summed E-state index contributed by atoms with van der Waals surface area (Å²) in [6.07, 6.45) is 13.1. The molecule has 1 aromatic carbocycles. The molecule has 0 saturated heterocycles. The molecule has 0 aromatic heterocycles. The van der Waals surface area contributed by atoms with Gasteiger partial charge in [-0.1, -0.05) is 45.7 Å². The zero-order valence-corrected chi connectivity index (χ0v) is 23.6. The monoisotopic (exact) mass is 521 g/mol. The molecule has 37 heavy (non-hydrogen) atoms. The fraction of sp³-hybridized carbons (Fsp3) is 0.750. The summed E-state index contributed by atoms with van der Waals surface area (Å²) in [6, 6.07) is 6.81. The topological polar surface area (TPSA) is 21.3 Å². The van der Waals surface area contributed by atoms with Crippen molar-refractivity contribution in [1.29, 1.82) is 0 Å². The van der Waals surface area contributed by atoms with Crippen LogP contribution in [0.25, 0.3) is 0 Å². The van der Waals surface area contributed by atoms with Gasteiger partial charge in [0.25, 0.3) is 0 Å². The Kier molecular flexibility index (Phi) is 11.4. The Bertz CT molecular complexity index is 815. The number of nitrogens with one attached hydrogen (secondary N) is 1. The van der Waals surface area contributed by atoms with Gasteiger partial charge in [0.1, 0.15) is 0 Å². The van der Waals surface area contributed by atoms with Gasteiger partial charge in [0.15, 0.2) is 0 Å². The van der Waals surface area contributed by atoms with Gasteiger partial charge in [-0.25, -0.2) is 0 Å². The molecule has 1 aromatic rings. The Balaban J connectivity index is 1.73. The fourth-order valence-electron chi connectivity index (χ4n) is 7.21. The lowest BCUT2D eigenvalue weighted by molar-refractivity contribution is -0.137. The van der Waals surface area contributed by atoms with Crippen LogP contribution < -0.4 is 5.32 Å². The lowest BCUT2D eigenvalue weighted by Crippen LogP contribution is -2.47. The van der Waals surface area contributed by atoms with Crippen LogP contribution in [-0.4, -0.2) is 18.7 Å². The number of halogens is 3. The summed E-state index contributed by atoms with van der Waals surface area (Å²) in [6.45, 7) is 9.44. The third-order valence-electron chi connectivity index (χ3n) is 8.93. The van der Waals surface area contributed by atoms with E-state index in [0.717, 1.165) is 43.4 Å². The van der Waals surface area contributed by atoms with E-state index in [1.807, 2.05) is 6.92 Å². The van der Waals surface area contributed by atoms with Gasteiger partial charge in [0.05, 0.1) is 17.9 Å². The molecular formula is C32H50F3NO. The minimum atomic E-state index is -4.30. The van der Waals surface area contributed by atoms with Crippen LogP contribution >= 0.6 is 0 Å². The molecule has 2 nitrogen and oxygen atoms in total. The van der Waals surface area contributed by atoms with Gasteiger partial charge < -0.3 is 10.1 Å². The average molecular weight is 522 g/mol. The second kappa shape index (κ2) is 14.1. The van der Waals surface area contributed by atoms with Crippen LogP contribution in [0.3, 0.4) is 0 Å². The van der Waals surface area contributed by atoms with Gasteiger partial charge >= 0.3 is 6.18 Å². The molecule has 3 unspecified atom stereocenters. The van der Waals surface area contributed by atoms with Crippen molar-refractivity contribution < 1.29 is 17.9 Å². The summed E-state index contributed by atoms with van der Waals surface area (Å²) in [4.78, 5) is 0. The highest BCUT2D eigenvalue weighted by Gasteiger charge is 2.38. The van der Waals surface area contributed by atoms with Gasteiger partial charge in [-0.05, 0) is 112 Å². The number of rotatable bonds is 12. The van der Waals surface area contributed by atoms with Crippen molar-refractivity contribution in [3.8, 4) is 0 Å². The normalized spacial score (nSPS) is 25.3. The molecule has 0 radical (unpaired) electrons. The maximum absolute atomic E-state index is 13.2. The standard InChI is InChI=1S/C32H50F3NO/c1-5-9-28(37-8-4)22-24-10-15-30(29(23-24)25-11-13-26(14-12-25)32(33,34)35)36-27-16-20-31(18-6-2,19-7-3)21-17-27/h9,11-14,24,27,29-30,36H,5-8,10,15-23H2,1-4H3/b28-9+. The molecule has 0 aliphatic heterocycles. The molecule has 1 N–H and O–H groups in total. The molecule has 0 amide bonds. The van der Waals surface area contributed by atoms with E-state index >= 15 is 0 Å². The second-order valence-electron chi connectivity index (χ2n) is 11.7. The number of alkyl halides is 3. The van der Waals surface area contributed by atoms with Crippen molar-refractivity contribution in [3.63, 3.8) is 0 Å². The Morgan fingerprint density at radius 1 is 0.973 bits per heavy atom. The Labute approximate surface area is 223 Å². The van der Waals surface area contributed by atoms with Crippen molar-refractivity contribution in [3.05, 3.63) is 47.2 Å². The third kappa shape index (κ3) is 8.50. The highest BCUT2D eigenvalue weighted by Crippen LogP contribution is 2.45. The van der Waals surface area contributed by atoms with Crippen molar-refractivity contribution in [1.82, 2.24) is 5.32 Å². The van der Waals surface area contributed by atoms with E-state index < -0.39 is 11.7 Å². The third-order valence-corrected chi connectivity index (χ3v) is 8.93. The average Bonchev–Trinajstić information content (AvgIpc) is 2.86. The number of ether oxygens (including phenoxy) is 1. The Morgan fingerprint density at radius 3 is 2.16 bits per heavy atom. The molecule has 0 bridgehead atoms. The van der Waals surface area contributed by atoms with Crippen molar-refractivity contribution in [2.24, 2.45) is 11.3 Å². The molecule has 2 saturated carbocycles. The fourth-order valence-corrected chi connectivity index (χ4v) is 7.21. The molecule has 3 atom stereocenters. The lowest BCUT2D eigenvalue weighted by atomic mass is 9.67. The molecule has 5 heteroatoms. The summed E-state index contributed by atoms with van der Waals surface area (Å²) in [5.41, 5.74) is 0.996. The molecule has 2 aliphatic carbocycles. The summed E-state index contributed by atoms with van der Waals surface area (Å²) in [5.74, 6) is 1.79. The van der Waals surface area contributed by atoms with Crippen LogP contribution in [0.4, 0.5) is 13.2 Å². The van der Waals surface area contributed by atoms with Crippen LogP contribution in [0.1, 0.15) is 128 Å². The number of hydrogen-bond acceptors (Lipinski definition) is 2. The highest BCUT2D eigenvalue weighted by molar-refractivity contribution is 5.29. The summed E-state index contributed by atoms with van der Waals surface area (Å²) in [7, 11) is 0. The molecule has 210 valence electrons. The van der Waals surface area contributed by atoms with Crippen LogP contribution in [0, 0.1) is 11.3 Å². The number of hydrogen-bond donors (Lipinski definition) is 1. The second-order valence-corrected chi connectivity index (χ2v) is 11.7. The van der Waals surface area contributed by atoms with E-state index in [4.69, 9.17) is 4.74 Å². The molecule has 3 rings (SSSR count). The summed E-state index contributed by atoms with van der Waals surface area (Å²) in [5, 5.41) is 4.03. The van der Waals surface area contributed by atoms with Gasteiger partial charge in [-0.2, -0.15) is 13.2 Å². The van der Waals surface area contributed by atoms with Crippen LogP contribution in [0.2, 0.25) is 0 Å². The maximum Gasteiger partial charge on any atom is 0.416 e. The molecule has 0 spiro atoms. The zero-order valence-electron chi connectivity index (χ0n) is 23.6. The number of allylic oxidation sites excluding steroid dienone is 2. The quantitative estimate of drug-likeness (QED) is 0.276. The van der Waals surface area contributed by atoms with E-state index in [-0.39, 0.29) is 5.92 Å². The predicted molar refractivity (Wildman–Crippen MR) is 148 cm³/mol. The smallest absolute Gasteiger partial charge is 0.416 e. The van der Waals surface area contributed by atoms with Crippen molar-refractivity contribution in [2.75, 3.05) is 6.61 Å². The minimum Gasteiger partial charge on any atom is -0.499 e. The van der Waals surface area contributed by atoms with Crippen LogP contribution in [0.15, 0.2) is 36.1 Å². The van der Waals surface area contributed by atoms with E-state index in [1.54, 1.807) is 12.1 Å². The van der Waals surface area contributed by atoms with Crippen molar-refractivity contribution in [2.45, 2.75) is 135 Å².